The molecule has 5 nitrogen and oxygen atoms in total. The van der Waals surface area contributed by atoms with E-state index in [1.165, 1.54) is 0 Å². The van der Waals surface area contributed by atoms with Crippen molar-refractivity contribution < 1.29 is 13.5 Å². The highest BCUT2D eigenvalue weighted by atomic mass is 35.5. The van der Waals surface area contributed by atoms with Crippen LogP contribution in [-0.2, 0) is 15.6 Å². The maximum atomic E-state index is 11.7. The number of aliphatic hydroxyl groups is 1. The molecular weight excluding hydrogens is 396 g/mol. The van der Waals surface area contributed by atoms with E-state index in [1.54, 1.807) is 26.0 Å². The van der Waals surface area contributed by atoms with Crippen molar-refractivity contribution in [3.05, 3.63) is 65.3 Å². The van der Waals surface area contributed by atoms with E-state index in [0.29, 0.717) is 17.1 Å². The lowest BCUT2D eigenvalue weighted by Gasteiger charge is -2.45. The molecule has 0 saturated carbocycles. The highest BCUT2D eigenvalue weighted by molar-refractivity contribution is 7.92. The Bertz CT molecular complexity index is 1100. The van der Waals surface area contributed by atoms with Crippen molar-refractivity contribution in [3.8, 4) is 0 Å². The average molecular weight is 421 g/mol. The summed E-state index contributed by atoms with van der Waals surface area (Å²) >= 11 is 6.09. The van der Waals surface area contributed by atoms with Gasteiger partial charge in [0.1, 0.15) is 0 Å². The van der Waals surface area contributed by atoms with Crippen LogP contribution in [0.5, 0.6) is 0 Å². The van der Waals surface area contributed by atoms with Crippen molar-refractivity contribution in [2.24, 2.45) is 0 Å². The van der Waals surface area contributed by atoms with Crippen LogP contribution < -0.4 is 4.72 Å². The molecule has 3 aromatic rings. The number of sulfonamides is 1. The molecule has 0 bridgehead atoms. The third-order valence-electron chi connectivity index (χ3n) is 5.29. The lowest BCUT2D eigenvalue weighted by atomic mass is 9.74. The normalized spacial score (nSPS) is 14.8. The zero-order chi connectivity index (χ0) is 20.7. The molecule has 3 rings (SSSR count). The standard InChI is InChI=1S/C21H25ClN2O3S/c1-5-21(20(2,3)25,15-9-11-16(22)12-10-15)24-14-13-17-18(23-28(4,26)27)7-6-8-19(17)24/h6-14,23,25H,5H2,1-4H3. The molecule has 7 heteroatoms. The van der Waals surface area contributed by atoms with E-state index in [9.17, 15) is 13.5 Å². The molecule has 28 heavy (non-hydrogen) atoms. The van der Waals surface area contributed by atoms with E-state index in [1.807, 2.05) is 54.1 Å². The number of fused-ring (bicyclic) bond motifs is 1. The van der Waals surface area contributed by atoms with E-state index in [2.05, 4.69) is 4.72 Å². The van der Waals surface area contributed by atoms with Crippen LogP contribution in [-0.4, -0.2) is 29.9 Å². The summed E-state index contributed by atoms with van der Waals surface area (Å²) in [5.41, 5.74) is 0.374. The summed E-state index contributed by atoms with van der Waals surface area (Å²) in [6, 6.07) is 14.8. The summed E-state index contributed by atoms with van der Waals surface area (Å²) in [7, 11) is -3.41. The molecule has 150 valence electrons. The van der Waals surface area contributed by atoms with Gasteiger partial charge in [-0.15, -0.1) is 0 Å². The molecule has 0 aliphatic rings. The first-order chi connectivity index (χ1) is 13.0. The average Bonchev–Trinajstić information content (AvgIpc) is 3.01. The van der Waals surface area contributed by atoms with E-state index < -0.39 is 21.2 Å². The van der Waals surface area contributed by atoms with Gasteiger partial charge in [0.15, 0.2) is 0 Å². The van der Waals surface area contributed by atoms with Crippen molar-refractivity contribution in [1.29, 1.82) is 0 Å². The summed E-state index contributed by atoms with van der Waals surface area (Å²) in [5, 5.41) is 12.7. The van der Waals surface area contributed by atoms with Crippen molar-refractivity contribution in [3.63, 3.8) is 0 Å². The van der Waals surface area contributed by atoms with Crippen LogP contribution in [0.1, 0.15) is 32.8 Å². The Kier molecular flexibility index (Phi) is 5.25. The Balaban J connectivity index is 2.32. The van der Waals surface area contributed by atoms with Crippen LogP contribution in [0.15, 0.2) is 54.7 Å². The number of benzene rings is 2. The predicted molar refractivity (Wildman–Crippen MR) is 116 cm³/mol. The fourth-order valence-electron chi connectivity index (χ4n) is 4.11. The van der Waals surface area contributed by atoms with E-state index in [4.69, 9.17) is 11.6 Å². The van der Waals surface area contributed by atoms with Crippen LogP contribution in [0.4, 0.5) is 5.69 Å². The topological polar surface area (TPSA) is 71.3 Å². The van der Waals surface area contributed by atoms with E-state index in [0.717, 1.165) is 22.7 Å². The monoisotopic (exact) mass is 420 g/mol. The Morgan fingerprint density at radius 3 is 2.29 bits per heavy atom. The van der Waals surface area contributed by atoms with Crippen LogP contribution >= 0.6 is 11.6 Å². The minimum Gasteiger partial charge on any atom is -0.388 e. The van der Waals surface area contributed by atoms with Gasteiger partial charge >= 0.3 is 0 Å². The second-order valence-electron chi connectivity index (χ2n) is 7.58. The SMILES string of the molecule is CCC(c1ccc(Cl)cc1)(n1ccc2c(NS(C)(=O)=O)cccc21)C(C)(C)O. The second-order valence-corrected chi connectivity index (χ2v) is 9.76. The smallest absolute Gasteiger partial charge is 0.229 e. The summed E-state index contributed by atoms with van der Waals surface area (Å²) in [4.78, 5) is 0. The van der Waals surface area contributed by atoms with Gasteiger partial charge in [-0.3, -0.25) is 4.72 Å². The number of nitrogens with one attached hydrogen (secondary N) is 1. The van der Waals surface area contributed by atoms with Crippen molar-refractivity contribution >= 4 is 38.2 Å². The Morgan fingerprint density at radius 1 is 1.11 bits per heavy atom. The largest absolute Gasteiger partial charge is 0.388 e. The molecule has 0 saturated heterocycles. The summed E-state index contributed by atoms with van der Waals surface area (Å²) in [5.74, 6) is 0. The van der Waals surface area contributed by atoms with E-state index >= 15 is 0 Å². The fraction of sp³-hybridized carbons (Fsp3) is 0.333. The summed E-state index contributed by atoms with van der Waals surface area (Å²) in [6.45, 7) is 5.60. The molecular formula is C21H25ClN2O3S. The van der Waals surface area contributed by atoms with Gasteiger partial charge in [-0.25, -0.2) is 8.42 Å². The quantitative estimate of drug-likeness (QED) is 0.612. The second kappa shape index (κ2) is 7.10. The van der Waals surface area contributed by atoms with Gasteiger partial charge in [-0.05, 0) is 56.2 Å². The fourth-order valence-corrected chi connectivity index (χ4v) is 4.81. The van der Waals surface area contributed by atoms with Gasteiger partial charge in [-0.2, -0.15) is 0 Å². The molecule has 2 aromatic carbocycles. The Hall–Kier alpha value is -2.02. The third kappa shape index (κ3) is 3.52. The molecule has 1 unspecified atom stereocenters. The highest BCUT2D eigenvalue weighted by Gasteiger charge is 2.46. The number of anilines is 1. The highest BCUT2D eigenvalue weighted by Crippen LogP contribution is 2.43. The number of halogens is 1. The molecule has 0 amide bonds. The van der Waals surface area contributed by atoms with Gasteiger partial charge in [0.05, 0.1) is 28.6 Å². The molecule has 0 radical (unpaired) electrons. The zero-order valence-corrected chi connectivity index (χ0v) is 18.0. The van der Waals surface area contributed by atoms with E-state index in [-0.39, 0.29) is 0 Å². The predicted octanol–water partition coefficient (Wildman–Crippen LogP) is 4.59. The van der Waals surface area contributed by atoms with Crippen LogP contribution in [0.2, 0.25) is 5.02 Å². The maximum Gasteiger partial charge on any atom is 0.229 e. The van der Waals surface area contributed by atoms with Gasteiger partial charge in [0.2, 0.25) is 10.0 Å². The third-order valence-corrected chi connectivity index (χ3v) is 6.13. The van der Waals surface area contributed by atoms with Crippen molar-refractivity contribution in [2.75, 3.05) is 11.0 Å². The molecule has 1 aromatic heterocycles. The number of rotatable bonds is 6. The van der Waals surface area contributed by atoms with Crippen LogP contribution in [0.3, 0.4) is 0 Å². The van der Waals surface area contributed by atoms with Crippen molar-refractivity contribution in [1.82, 2.24) is 4.57 Å². The summed E-state index contributed by atoms with van der Waals surface area (Å²) in [6.07, 6.45) is 3.64. The van der Waals surface area contributed by atoms with Gasteiger partial charge in [0, 0.05) is 16.6 Å². The molecule has 0 spiro atoms. The number of aromatic nitrogens is 1. The van der Waals surface area contributed by atoms with Crippen molar-refractivity contribution in [2.45, 2.75) is 38.3 Å². The number of hydrogen-bond donors (Lipinski definition) is 2. The first kappa shape index (κ1) is 20.7. The first-order valence-electron chi connectivity index (χ1n) is 9.06. The lowest BCUT2D eigenvalue weighted by molar-refractivity contribution is -0.0237. The molecule has 1 atom stereocenters. The zero-order valence-electron chi connectivity index (χ0n) is 16.4. The number of nitrogens with zero attached hydrogens (tertiary/aromatic N) is 1. The Morgan fingerprint density at radius 2 is 1.75 bits per heavy atom. The van der Waals surface area contributed by atoms with Gasteiger partial charge in [0.25, 0.3) is 0 Å². The minimum absolute atomic E-state index is 0.510. The Labute approximate surface area is 171 Å². The molecule has 1 heterocycles. The van der Waals surface area contributed by atoms with Crippen LogP contribution in [0, 0.1) is 0 Å². The minimum atomic E-state index is -3.41. The van der Waals surface area contributed by atoms with Gasteiger partial charge in [-0.1, -0.05) is 36.7 Å². The maximum absolute atomic E-state index is 11.7. The molecule has 0 fully saturated rings. The molecule has 0 aliphatic carbocycles. The summed E-state index contributed by atoms with van der Waals surface area (Å²) < 4.78 is 28.1. The number of hydrogen-bond acceptors (Lipinski definition) is 3. The van der Waals surface area contributed by atoms with Gasteiger partial charge < -0.3 is 9.67 Å². The lowest BCUT2D eigenvalue weighted by Crippen LogP contribution is -2.52. The van der Waals surface area contributed by atoms with Crippen LogP contribution in [0.25, 0.3) is 10.9 Å². The molecule has 2 N–H and O–H groups in total. The molecule has 0 aliphatic heterocycles. The first-order valence-corrected chi connectivity index (χ1v) is 11.3.